The molecule has 1 amide bonds. The van der Waals surface area contributed by atoms with Crippen LogP contribution in [0.1, 0.15) is 49.9 Å². The van der Waals surface area contributed by atoms with Gasteiger partial charge in [-0.15, -0.1) is 10.2 Å². The van der Waals surface area contributed by atoms with Gasteiger partial charge in [0, 0.05) is 17.6 Å². The zero-order valence-corrected chi connectivity index (χ0v) is 21.1. The molecule has 6 rings (SSSR count). The molecule has 1 aromatic heterocycles. The molecule has 0 saturated carbocycles. The minimum Gasteiger partial charge on any atom is -0.317 e. The molecule has 0 bridgehead atoms. The van der Waals surface area contributed by atoms with Crippen molar-refractivity contribution in [2.24, 2.45) is 10.5 Å². The normalized spacial score (nSPS) is 22.6. The molecule has 9 nitrogen and oxygen atoms in total. The maximum atomic E-state index is 14.1. The Morgan fingerprint density at radius 2 is 1.76 bits per heavy atom. The summed E-state index contributed by atoms with van der Waals surface area (Å²) in [5.41, 5.74) is 4.83. The van der Waals surface area contributed by atoms with Crippen LogP contribution >= 0.6 is 0 Å². The second-order valence-corrected chi connectivity index (χ2v) is 10.6. The van der Waals surface area contributed by atoms with Crippen molar-refractivity contribution in [3.8, 4) is 22.5 Å². The Labute approximate surface area is 215 Å². The first-order chi connectivity index (χ1) is 17.9. The minimum atomic E-state index is -0.283. The first-order valence-corrected chi connectivity index (χ1v) is 12.8. The molecule has 1 unspecified atom stereocenters. The molecule has 1 fully saturated rings. The number of carbonyl (C=O) groups excluding carboxylic acids is 2. The van der Waals surface area contributed by atoms with E-state index in [0.29, 0.717) is 23.5 Å². The van der Waals surface area contributed by atoms with Gasteiger partial charge in [0.05, 0.1) is 11.8 Å². The van der Waals surface area contributed by atoms with Gasteiger partial charge in [0.25, 0.3) is 0 Å². The van der Waals surface area contributed by atoms with E-state index in [2.05, 4.69) is 25.9 Å². The van der Waals surface area contributed by atoms with E-state index in [9.17, 15) is 9.59 Å². The number of tetrazole rings is 1. The third-order valence-corrected chi connectivity index (χ3v) is 8.06. The number of piperidine rings is 1. The lowest BCUT2D eigenvalue weighted by molar-refractivity contribution is -0.833. The molecule has 37 heavy (non-hydrogen) atoms. The summed E-state index contributed by atoms with van der Waals surface area (Å²) in [4.78, 5) is 27.7. The fourth-order valence-electron chi connectivity index (χ4n) is 6.10. The third kappa shape index (κ3) is 3.86. The predicted octanol–water partition coefficient (Wildman–Crippen LogP) is 3.89. The Kier molecular flexibility index (Phi) is 5.69. The van der Waals surface area contributed by atoms with Crippen LogP contribution < -0.4 is 5.32 Å². The first kappa shape index (κ1) is 23.6. The van der Waals surface area contributed by atoms with E-state index in [1.165, 1.54) is 0 Å². The second-order valence-electron chi connectivity index (χ2n) is 10.6. The van der Waals surface area contributed by atoms with Crippen LogP contribution in [0.3, 0.4) is 0 Å². The molecular weight excluding hydrogens is 466 g/mol. The van der Waals surface area contributed by atoms with Gasteiger partial charge >= 0.3 is 5.91 Å². The number of amides is 1. The van der Waals surface area contributed by atoms with Gasteiger partial charge in [0.2, 0.25) is 17.3 Å². The molecule has 2 N–H and O–H groups in total. The smallest absolute Gasteiger partial charge is 0.317 e. The van der Waals surface area contributed by atoms with Crippen molar-refractivity contribution >= 4 is 17.9 Å². The number of hydrogen-bond donors (Lipinski definition) is 2. The minimum absolute atomic E-state index is 0.00903. The molecular formula is C28H30N7O2+. The highest BCUT2D eigenvalue weighted by Crippen LogP contribution is 2.48. The summed E-state index contributed by atoms with van der Waals surface area (Å²) in [5.74, 6) is 0.423. The van der Waals surface area contributed by atoms with Gasteiger partial charge in [0.1, 0.15) is 6.04 Å². The van der Waals surface area contributed by atoms with E-state index in [1.807, 2.05) is 62.4 Å². The SMILES string of the molecule is CC(C)[N+]1(C(=O)c2ccc(-c3cccc(-c4nn[nH]n4)c3)cc2)N=CC2=C1C(=O)CC1(CCNCC1)C2. The van der Waals surface area contributed by atoms with Crippen LogP contribution in [0.15, 0.2) is 64.9 Å². The molecule has 188 valence electrons. The third-order valence-electron chi connectivity index (χ3n) is 8.06. The van der Waals surface area contributed by atoms with Crippen molar-refractivity contribution in [2.75, 3.05) is 13.1 Å². The van der Waals surface area contributed by atoms with E-state index in [-0.39, 0.29) is 27.7 Å². The largest absolute Gasteiger partial charge is 0.377 e. The number of rotatable bonds is 4. The summed E-state index contributed by atoms with van der Waals surface area (Å²) in [7, 11) is 0. The van der Waals surface area contributed by atoms with Crippen molar-refractivity contribution < 1.29 is 14.2 Å². The molecule has 1 spiro atoms. The van der Waals surface area contributed by atoms with Gasteiger partial charge in [-0.05, 0) is 86.2 Å². The number of Topliss-reactive ketones (excluding diaryl/α,β-unsaturated/α-hetero) is 1. The molecule has 3 heterocycles. The number of ketones is 1. The average molecular weight is 497 g/mol. The average Bonchev–Trinajstić information content (AvgIpc) is 3.58. The molecule has 1 aliphatic carbocycles. The molecule has 3 aliphatic rings. The van der Waals surface area contributed by atoms with Gasteiger partial charge in [-0.3, -0.25) is 4.79 Å². The maximum Gasteiger partial charge on any atom is 0.377 e. The van der Waals surface area contributed by atoms with Crippen LogP contribution in [0.25, 0.3) is 22.5 Å². The van der Waals surface area contributed by atoms with Gasteiger partial charge in [-0.2, -0.15) is 5.21 Å². The van der Waals surface area contributed by atoms with E-state index >= 15 is 0 Å². The lowest BCUT2D eigenvalue weighted by Gasteiger charge is -2.41. The maximum absolute atomic E-state index is 14.1. The summed E-state index contributed by atoms with van der Waals surface area (Å²) < 4.78 is -0.283. The lowest BCUT2D eigenvalue weighted by Crippen LogP contribution is -2.54. The number of carbonyl (C=O) groups is 2. The number of nitrogens with one attached hydrogen (secondary N) is 2. The van der Waals surface area contributed by atoms with Crippen LogP contribution in [0, 0.1) is 5.41 Å². The number of aromatic nitrogens is 4. The van der Waals surface area contributed by atoms with Gasteiger partial charge < -0.3 is 5.32 Å². The van der Waals surface area contributed by atoms with Crippen molar-refractivity contribution in [1.82, 2.24) is 25.9 Å². The zero-order valence-electron chi connectivity index (χ0n) is 21.1. The van der Waals surface area contributed by atoms with Crippen LogP contribution in [0.4, 0.5) is 0 Å². The summed E-state index contributed by atoms with van der Waals surface area (Å²) in [6.07, 6.45) is 5.07. The van der Waals surface area contributed by atoms with E-state index in [4.69, 9.17) is 5.10 Å². The highest BCUT2D eigenvalue weighted by Gasteiger charge is 2.56. The quantitative estimate of drug-likeness (QED) is 0.530. The van der Waals surface area contributed by atoms with Crippen LogP contribution in [0.5, 0.6) is 0 Å². The lowest BCUT2D eigenvalue weighted by atomic mass is 9.67. The first-order valence-electron chi connectivity index (χ1n) is 12.8. The zero-order chi connectivity index (χ0) is 25.6. The Morgan fingerprint density at radius 1 is 1.00 bits per heavy atom. The summed E-state index contributed by atoms with van der Waals surface area (Å²) in [6.45, 7) is 5.79. The summed E-state index contributed by atoms with van der Waals surface area (Å²) in [6, 6.07) is 15.2. The number of nitrogens with zero attached hydrogens (tertiary/aromatic N) is 5. The van der Waals surface area contributed by atoms with Crippen molar-refractivity contribution in [3.05, 3.63) is 65.4 Å². The van der Waals surface area contributed by atoms with Gasteiger partial charge in [-0.1, -0.05) is 40.0 Å². The van der Waals surface area contributed by atoms with E-state index in [0.717, 1.165) is 54.6 Å². The molecule has 2 aromatic carbocycles. The van der Waals surface area contributed by atoms with Gasteiger partial charge in [0.15, 0.2) is 0 Å². The van der Waals surface area contributed by atoms with Crippen LogP contribution in [0.2, 0.25) is 0 Å². The molecule has 9 heteroatoms. The topological polar surface area (TPSA) is 113 Å². The monoisotopic (exact) mass is 496 g/mol. The fraction of sp³-hybridized carbons (Fsp3) is 0.357. The Hall–Kier alpha value is -3.82. The second kappa shape index (κ2) is 8.93. The molecule has 0 radical (unpaired) electrons. The highest BCUT2D eigenvalue weighted by atomic mass is 16.2. The molecule has 1 saturated heterocycles. The number of quaternary nitrogens is 1. The highest BCUT2D eigenvalue weighted by molar-refractivity contribution is 6.06. The number of allylic oxidation sites excluding steroid dienone is 2. The molecule has 1 atom stereocenters. The standard InChI is InChI=1S/C28H30N7O2/c1-18(2)35(25-23(17-30-35)15-28(16-24(25)36)10-12-29-13-11-28)27(37)20-8-6-19(7-9-20)21-4-3-5-22(14-21)26-31-33-34-32-26/h3-9,14,17-18,29H,10-13,15-16H2,1-2H3,(H,31,32,33,34)/q+1. The summed E-state index contributed by atoms with van der Waals surface area (Å²) >= 11 is 0. The van der Waals surface area contributed by atoms with Gasteiger partial charge in [-0.25, -0.2) is 4.79 Å². The number of aromatic amines is 1. The summed E-state index contributed by atoms with van der Waals surface area (Å²) in [5, 5.41) is 22.4. The number of hydrogen-bond acceptors (Lipinski definition) is 7. The van der Waals surface area contributed by atoms with Crippen molar-refractivity contribution in [2.45, 2.75) is 45.6 Å². The van der Waals surface area contributed by atoms with Crippen molar-refractivity contribution in [3.63, 3.8) is 0 Å². The Morgan fingerprint density at radius 3 is 2.46 bits per heavy atom. The van der Waals surface area contributed by atoms with Crippen LogP contribution in [-0.4, -0.2) is 62.3 Å². The van der Waals surface area contributed by atoms with Crippen LogP contribution in [-0.2, 0) is 4.79 Å². The Bertz CT molecular complexity index is 1420. The number of benzene rings is 2. The fourth-order valence-corrected chi connectivity index (χ4v) is 6.10. The molecule has 3 aromatic rings. The van der Waals surface area contributed by atoms with E-state index < -0.39 is 0 Å². The molecule has 2 aliphatic heterocycles. The predicted molar refractivity (Wildman–Crippen MR) is 139 cm³/mol. The number of H-pyrrole nitrogens is 1. The van der Waals surface area contributed by atoms with E-state index in [1.54, 1.807) is 6.21 Å². The van der Waals surface area contributed by atoms with Crippen molar-refractivity contribution in [1.29, 1.82) is 0 Å². The Balaban J connectivity index is 1.31.